The predicted molar refractivity (Wildman–Crippen MR) is 105 cm³/mol. The molecule has 0 bridgehead atoms. The zero-order valence-electron chi connectivity index (χ0n) is 17.0. The van der Waals surface area contributed by atoms with Crippen molar-refractivity contribution in [3.8, 4) is 5.75 Å². The van der Waals surface area contributed by atoms with Crippen molar-refractivity contribution in [1.82, 2.24) is 15.6 Å². The lowest BCUT2D eigenvalue weighted by molar-refractivity contribution is -0.0504. The zero-order chi connectivity index (χ0) is 20.7. The lowest BCUT2D eigenvalue weighted by Crippen LogP contribution is -2.36. The Morgan fingerprint density at radius 2 is 2.04 bits per heavy atom. The molecule has 0 aliphatic rings. The highest BCUT2D eigenvalue weighted by Gasteiger charge is 2.19. The minimum Gasteiger partial charge on any atom is -0.443 e. The number of oxazole rings is 1. The Kier molecular flexibility index (Phi) is 7.37. The third-order valence-corrected chi connectivity index (χ3v) is 3.88. The number of hydrogen-bond acceptors (Lipinski definition) is 4. The highest BCUT2D eigenvalue weighted by Crippen LogP contribution is 2.23. The van der Waals surface area contributed by atoms with Crippen LogP contribution in [0, 0.1) is 6.92 Å². The first-order valence-electron chi connectivity index (χ1n) is 9.20. The van der Waals surface area contributed by atoms with Crippen molar-refractivity contribution in [2.75, 3.05) is 6.54 Å². The van der Waals surface area contributed by atoms with Crippen LogP contribution < -0.4 is 15.4 Å². The van der Waals surface area contributed by atoms with Crippen molar-refractivity contribution in [1.29, 1.82) is 0 Å². The summed E-state index contributed by atoms with van der Waals surface area (Å²) >= 11 is 0. The summed E-state index contributed by atoms with van der Waals surface area (Å²) < 4.78 is 35.6. The molecule has 0 saturated carbocycles. The number of guanidine groups is 1. The molecular formula is C20H28F2N4O2. The van der Waals surface area contributed by atoms with Crippen molar-refractivity contribution < 1.29 is 17.9 Å². The van der Waals surface area contributed by atoms with E-state index in [1.54, 1.807) is 18.3 Å². The van der Waals surface area contributed by atoms with Crippen LogP contribution in [-0.4, -0.2) is 24.1 Å². The summed E-state index contributed by atoms with van der Waals surface area (Å²) in [5.41, 5.74) is 1.42. The van der Waals surface area contributed by atoms with Gasteiger partial charge in [-0.1, -0.05) is 38.5 Å². The Morgan fingerprint density at radius 1 is 1.29 bits per heavy atom. The van der Waals surface area contributed by atoms with E-state index in [-0.39, 0.29) is 17.7 Å². The Labute approximate surface area is 164 Å². The van der Waals surface area contributed by atoms with Crippen LogP contribution in [-0.2, 0) is 18.5 Å². The van der Waals surface area contributed by atoms with Gasteiger partial charge in [0, 0.05) is 17.5 Å². The average Bonchev–Trinajstić information content (AvgIpc) is 3.08. The van der Waals surface area contributed by atoms with Gasteiger partial charge in [-0.05, 0) is 19.9 Å². The van der Waals surface area contributed by atoms with Gasteiger partial charge in [0.05, 0.1) is 19.3 Å². The topological polar surface area (TPSA) is 71.7 Å². The quantitative estimate of drug-likeness (QED) is 0.546. The fraction of sp³-hybridized carbons (Fsp3) is 0.500. The van der Waals surface area contributed by atoms with E-state index in [4.69, 9.17) is 4.42 Å². The van der Waals surface area contributed by atoms with E-state index in [1.165, 1.54) is 6.07 Å². The van der Waals surface area contributed by atoms with Crippen LogP contribution in [0.3, 0.4) is 0 Å². The van der Waals surface area contributed by atoms with Gasteiger partial charge in [-0.3, -0.25) is 0 Å². The molecule has 1 aromatic heterocycles. The maximum absolute atomic E-state index is 12.6. The molecule has 28 heavy (non-hydrogen) atoms. The van der Waals surface area contributed by atoms with Crippen LogP contribution in [0.1, 0.15) is 50.5 Å². The van der Waals surface area contributed by atoms with E-state index < -0.39 is 6.61 Å². The number of nitrogens with one attached hydrogen (secondary N) is 2. The van der Waals surface area contributed by atoms with Crippen LogP contribution in [0.4, 0.5) is 8.78 Å². The molecular weight excluding hydrogens is 366 g/mol. The van der Waals surface area contributed by atoms with E-state index >= 15 is 0 Å². The van der Waals surface area contributed by atoms with Crippen molar-refractivity contribution in [2.24, 2.45) is 4.99 Å². The van der Waals surface area contributed by atoms with Crippen LogP contribution in [0.15, 0.2) is 33.8 Å². The molecule has 0 aliphatic carbocycles. The molecule has 0 fully saturated rings. The molecule has 0 spiro atoms. The minimum atomic E-state index is -2.88. The fourth-order valence-corrected chi connectivity index (χ4v) is 2.45. The zero-order valence-corrected chi connectivity index (χ0v) is 17.0. The molecule has 0 amide bonds. The Balaban J connectivity index is 2.08. The van der Waals surface area contributed by atoms with Gasteiger partial charge >= 0.3 is 6.61 Å². The molecule has 6 nitrogen and oxygen atoms in total. The van der Waals surface area contributed by atoms with Gasteiger partial charge in [0.15, 0.2) is 5.96 Å². The van der Waals surface area contributed by atoms with Gasteiger partial charge < -0.3 is 19.8 Å². The van der Waals surface area contributed by atoms with Crippen LogP contribution in [0.5, 0.6) is 5.75 Å². The highest BCUT2D eigenvalue weighted by atomic mass is 19.3. The average molecular weight is 394 g/mol. The smallest absolute Gasteiger partial charge is 0.387 e. The molecule has 0 saturated heterocycles. The molecule has 0 aliphatic heterocycles. The maximum atomic E-state index is 12.6. The molecule has 1 heterocycles. The van der Waals surface area contributed by atoms with E-state index in [0.29, 0.717) is 30.5 Å². The van der Waals surface area contributed by atoms with Crippen molar-refractivity contribution >= 4 is 5.96 Å². The van der Waals surface area contributed by atoms with Crippen LogP contribution in [0.25, 0.3) is 0 Å². The second-order valence-electron chi connectivity index (χ2n) is 7.41. The van der Waals surface area contributed by atoms with Crippen molar-refractivity contribution in [3.63, 3.8) is 0 Å². The molecule has 2 aromatic rings. The van der Waals surface area contributed by atoms with Gasteiger partial charge in [0.2, 0.25) is 5.89 Å². The molecule has 0 unspecified atom stereocenters. The number of aromatic nitrogens is 1. The number of nitrogens with zero attached hydrogens (tertiary/aromatic N) is 2. The maximum Gasteiger partial charge on any atom is 0.387 e. The van der Waals surface area contributed by atoms with E-state index in [0.717, 1.165) is 11.3 Å². The molecule has 2 rings (SSSR count). The number of hydrogen-bond donors (Lipinski definition) is 2. The predicted octanol–water partition coefficient (Wildman–Crippen LogP) is 4.14. The Bertz CT molecular complexity index is 798. The number of aryl methyl sites for hydroxylation is 1. The van der Waals surface area contributed by atoms with E-state index in [1.807, 2.05) is 13.8 Å². The minimum absolute atomic E-state index is 0.115. The third-order valence-electron chi connectivity index (χ3n) is 3.88. The summed E-state index contributed by atoms with van der Waals surface area (Å²) in [5.74, 6) is 2.01. The molecule has 154 valence electrons. The number of benzene rings is 1. The lowest BCUT2D eigenvalue weighted by Gasteiger charge is -2.14. The van der Waals surface area contributed by atoms with Gasteiger partial charge in [0.1, 0.15) is 11.5 Å². The SMILES string of the molecule is CCNC(=NCc1cc(C)ccc1OC(F)F)NCc1ncc(C(C)(C)C)o1. The third kappa shape index (κ3) is 6.51. The summed E-state index contributed by atoms with van der Waals surface area (Å²) in [7, 11) is 0. The lowest BCUT2D eigenvalue weighted by atomic mass is 9.94. The van der Waals surface area contributed by atoms with Gasteiger partial charge in [-0.25, -0.2) is 9.98 Å². The number of rotatable bonds is 7. The number of alkyl halides is 2. The van der Waals surface area contributed by atoms with Gasteiger partial charge in [-0.2, -0.15) is 8.78 Å². The Hall–Kier alpha value is -2.64. The molecule has 0 radical (unpaired) electrons. The Morgan fingerprint density at radius 3 is 2.64 bits per heavy atom. The summed E-state index contributed by atoms with van der Waals surface area (Å²) in [4.78, 5) is 8.74. The fourth-order valence-electron chi connectivity index (χ4n) is 2.45. The largest absolute Gasteiger partial charge is 0.443 e. The first-order chi connectivity index (χ1) is 13.2. The summed E-state index contributed by atoms with van der Waals surface area (Å²) in [6, 6.07) is 5.05. The first kappa shape index (κ1) is 21.7. The second-order valence-corrected chi connectivity index (χ2v) is 7.41. The standard InChI is InChI=1S/C20H28F2N4O2/c1-6-23-19(26-12-17-24-11-16(28-17)20(3,4)5)25-10-14-9-13(2)7-8-15(14)27-18(21)22/h7-9,11,18H,6,10,12H2,1-5H3,(H2,23,25,26). The molecule has 2 N–H and O–H groups in total. The molecule has 0 atom stereocenters. The van der Waals surface area contributed by atoms with Crippen LogP contribution in [0.2, 0.25) is 0 Å². The number of aliphatic imine (C=N–C) groups is 1. The van der Waals surface area contributed by atoms with Gasteiger partial charge in [0.25, 0.3) is 0 Å². The van der Waals surface area contributed by atoms with E-state index in [9.17, 15) is 8.78 Å². The summed E-state index contributed by atoms with van der Waals surface area (Å²) in [6.07, 6.45) is 1.72. The monoisotopic (exact) mass is 394 g/mol. The number of ether oxygens (including phenoxy) is 1. The summed E-state index contributed by atoms with van der Waals surface area (Å²) in [6.45, 7) is 8.31. The molecule has 1 aromatic carbocycles. The van der Waals surface area contributed by atoms with Crippen molar-refractivity contribution in [3.05, 3.63) is 47.2 Å². The van der Waals surface area contributed by atoms with Crippen molar-refractivity contribution in [2.45, 2.75) is 59.7 Å². The number of halogens is 2. The van der Waals surface area contributed by atoms with Gasteiger partial charge in [-0.15, -0.1) is 0 Å². The normalized spacial score (nSPS) is 12.4. The second kappa shape index (κ2) is 9.52. The van der Waals surface area contributed by atoms with E-state index in [2.05, 4.69) is 46.1 Å². The van der Waals surface area contributed by atoms with Crippen LogP contribution >= 0.6 is 0 Å². The summed E-state index contributed by atoms with van der Waals surface area (Å²) in [5, 5.41) is 6.26. The first-order valence-corrected chi connectivity index (χ1v) is 9.20. The highest BCUT2D eigenvalue weighted by molar-refractivity contribution is 5.79. The molecule has 8 heteroatoms.